The Kier molecular flexibility index (Phi) is 5.58. The van der Waals surface area contributed by atoms with Crippen molar-refractivity contribution in [1.82, 2.24) is 0 Å². The number of carbonyl (C=O) groups is 1. The molecular weight excluding hydrogens is 487 g/mol. The van der Waals surface area contributed by atoms with Crippen molar-refractivity contribution in [3.05, 3.63) is 41.2 Å². The Hall–Kier alpha value is -2.00. The maximum Gasteiger partial charge on any atom is 0.265 e. The number of rotatable bonds is 4. The molecule has 7 atom stereocenters. The van der Waals surface area contributed by atoms with E-state index in [4.69, 9.17) is 26.2 Å². The fourth-order valence-corrected chi connectivity index (χ4v) is 8.16. The molecule has 0 radical (unpaired) electrons. The smallest absolute Gasteiger partial charge is 0.265 e. The lowest BCUT2D eigenvalue weighted by Gasteiger charge is -2.69. The minimum atomic E-state index is -0.564. The summed E-state index contributed by atoms with van der Waals surface area (Å²) in [6.07, 6.45) is 9.88. The molecule has 3 saturated carbocycles. The highest BCUT2D eigenvalue weighted by atomic mass is 35.5. The van der Waals surface area contributed by atoms with Gasteiger partial charge in [0.05, 0.1) is 16.8 Å². The zero-order valence-corrected chi connectivity index (χ0v) is 21.3. The van der Waals surface area contributed by atoms with Crippen molar-refractivity contribution in [3.63, 3.8) is 0 Å². The monoisotopic (exact) mass is 518 g/mol. The number of amides is 1. The van der Waals surface area contributed by atoms with Gasteiger partial charge in [-0.05, 0) is 62.8 Å². The number of hydrogen-bond acceptors (Lipinski definition) is 6. The van der Waals surface area contributed by atoms with Gasteiger partial charge < -0.3 is 15.3 Å². The zero-order valence-electron chi connectivity index (χ0n) is 20.6. The molecule has 2 aliphatic heterocycles. The molecule has 1 saturated heterocycles. The molecule has 1 aromatic carbocycles. The van der Waals surface area contributed by atoms with Gasteiger partial charge in [-0.25, -0.2) is 14.2 Å². The van der Waals surface area contributed by atoms with Crippen LogP contribution in [0.2, 0.25) is 5.02 Å². The number of nitrogens with zero attached hydrogens (tertiary/aromatic N) is 1. The average molecular weight is 519 g/mol. The van der Waals surface area contributed by atoms with Gasteiger partial charge in [-0.1, -0.05) is 36.7 Å². The predicted octanol–water partition coefficient (Wildman–Crippen LogP) is 5.18. The number of oxime groups is 1. The molecule has 1 amide bonds. The van der Waals surface area contributed by atoms with E-state index in [0.717, 1.165) is 44.2 Å². The predicted molar refractivity (Wildman–Crippen MR) is 132 cm³/mol. The largest absolute Gasteiger partial charge is 0.393 e. The average Bonchev–Trinajstić information content (AvgIpc) is 3.18. The highest BCUT2D eigenvalue weighted by molar-refractivity contribution is 6.31. The molecule has 6 aliphatic rings. The van der Waals surface area contributed by atoms with E-state index in [9.17, 15) is 14.3 Å². The number of nitrogens with one attached hydrogen (secondary N) is 1. The first-order chi connectivity index (χ1) is 17.1. The van der Waals surface area contributed by atoms with Crippen LogP contribution in [0, 0.1) is 28.5 Å². The minimum Gasteiger partial charge on any atom is -0.393 e. The summed E-state index contributed by atoms with van der Waals surface area (Å²) < 4.78 is 13.3. The van der Waals surface area contributed by atoms with Crippen LogP contribution >= 0.6 is 11.6 Å². The summed E-state index contributed by atoms with van der Waals surface area (Å²) >= 11 is 5.78. The number of halogens is 2. The highest BCUT2D eigenvalue weighted by Crippen LogP contribution is 2.70. The Morgan fingerprint density at radius 1 is 1.22 bits per heavy atom. The summed E-state index contributed by atoms with van der Waals surface area (Å²) in [4.78, 5) is 30.3. The maximum absolute atomic E-state index is 13.3. The van der Waals surface area contributed by atoms with Crippen molar-refractivity contribution < 1.29 is 28.9 Å². The van der Waals surface area contributed by atoms with Crippen LogP contribution in [0.15, 0.2) is 35.5 Å². The van der Waals surface area contributed by atoms with Crippen LogP contribution < -0.4 is 5.32 Å². The van der Waals surface area contributed by atoms with Crippen molar-refractivity contribution >= 4 is 28.9 Å². The number of aliphatic hydroxyl groups is 1. The van der Waals surface area contributed by atoms with Gasteiger partial charge in [-0.15, -0.1) is 0 Å². The Morgan fingerprint density at radius 3 is 2.81 bits per heavy atom. The lowest BCUT2D eigenvalue weighted by Crippen LogP contribution is -2.73. The number of aliphatic hydroxyl groups excluding tert-OH is 1. The van der Waals surface area contributed by atoms with Crippen molar-refractivity contribution in [2.24, 2.45) is 27.8 Å². The zero-order chi connectivity index (χ0) is 25.3. The van der Waals surface area contributed by atoms with E-state index in [-0.39, 0.29) is 34.5 Å². The number of hydrogen-bond donors (Lipinski definition) is 2. The van der Waals surface area contributed by atoms with Crippen molar-refractivity contribution in [2.45, 2.75) is 76.1 Å². The van der Waals surface area contributed by atoms with Crippen LogP contribution in [0.25, 0.3) is 0 Å². The SMILES string of the molecule is C[C@]12CC[C@@H]3[C@]4(C=C[C@]5(C[C@@H](O)CC[C@]35C)OO4)[C@@H]1CC/C2=N\OCC(=O)Nc1ccc(F)c(Cl)c1. The van der Waals surface area contributed by atoms with E-state index in [1.54, 1.807) is 0 Å². The van der Waals surface area contributed by atoms with Crippen molar-refractivity contribution in [3.8, 4) is 0 Å². The molecule has 194 valence electrons. The van der Waals surface area contributed by atoms with Crippen LogP contribution in [-0.2, 0) is 19.4 Å². The van der Waals surface area contributed by atoms with Crippen LogP contribution in [0.1, 0.15) is 58.8 Å². The fraction of sp³-hybridized carbons (Fsp3) is 0.630. The lowest BCUT2D eigenvalue weighted by molar-refractivity contribution is -0.496. The Labute approximate surface area is 214 Å². The first-order valence-corrected chi connectivity index (χ1v) is 13.2. The summed E-state index contributed by atoms with van der Waals surface area (Å²) in [5.74, 6) is -0.453. The number of fused-ring (bicyclic) bond motifs is 2. The molecule has 7 rings (SSSR count). The molecule has 2 N–H and O–H groups in total. The Balaban J connectivity index is 1.18. The third kappa shape index (κ3) is 3.34. The molecule has 36 heavy (non-hydrogen) atoms. The number of anilines is 1. The second kappa shape index (κ2) is 8.25. The normalized spacial score (nSPS) is 43.6. The number of carbonyl (C=O) groups excluding carboxylic acids is 1. The van der Waals surface area contributed by atoms with E-state index in [0.29, 0.717) is 18.0 Å². The van der Waals surface area contributed by atoms with Crippen molar-refractivity contribution in [1.29, 1.82) is 0 Å². The van der Waals surface area contributed by atoms with E-state index in [1.807, 2.05) is 0 Å². The van der Waals surface area contributed by atoms with Gasteiger partial charge in [-0.2, -0.15) is 0 Å². The highest BCUT2D eigenvalue weighted by Gasteiger charge is 2.74. The molecule has 0 unspecified atom stereocenters. The molecular formula is C27H32ClFN2O5. The van der Waals surface area contributed by atoms with Crippen molar-refractivity contribution in [2.75, 3.05) is 11.9 Å². The van der Waals surface area contributed by atoms with E-state index >= 15 is 0 Å². The first kappa shape index (κ1) is 24.3. The van der Waals surface area contributed by atoms with Gasteiger partial charge in [0.2, 0.25) is 0 Å². The molecule has 4 aliphatic carbocycles. The molecule has 0 aromatic heterocycles. The third-order valence-corrected chi connectivity index (χ3v) is 10.2. The van der Waals surface area contributed by atoms with Gasteiger partial charge in [0.15, 0.2) is 6.61 Å². The van der Waals surface area contributed by atoms with Gasteiger partial charge in [-0.3, -0.25) is 4.79 Å². The van der Waals surface area contributed by atoms with Gasteiger partial charge in [0, 0.05) is 34.8 Å². The fourth-order valence-electron chi connectivity index (χ4n) is 7.98. The minimum absolute atomic E-state index is 0.0601. The quantitative estimate of drug-likeness (QED) is 0.326. The van der Waals surface area contributed by atoms with Gasteiger partial charge in [0.25, 0.3) is 5.91 Å². The Morgan fingerprint density at radius 2 is 2.06 bits per heavy atom. The number of benzene rings is 1. The Bertz CT molecular complexity index is 1160. The second-order valence-corrected chi connectivity index (χ2v) is 12.1. The van der Waals surface area contributed by atoms with Gasteiger partial charge >= 0.3 is 0 Å². The van der Waals surface area contributed by atoms with Crippen LogP contribution in [0.4, 0.5) is 10.1 Å². The standard InChI is InChI=1S/C27H32ClFN2O5/c1-24-9-8-21-25(2)10-7-17(32)14-26(25)11-12-27(21,36-35-26)20(24)5-6-22(24)31-34-15-23(33)30-16-3-4-19(29)18(28)13-16/h3-4,11-13,17,20-21,32H,5-10,14-15H2,1-2H3,(H,30,33)/b31-22+/t17-,20+,21-,24-,25+,26+,27-/m0/s1. The second-order valence-electron chi connectivity index (χ2n) is 11.6. The van der Waals surface area contributed by atoms with E-state index < -0.39 is 22.9 Å². The van der Waals surface area contributed by atoms with E-state index in [2.05, 4.69) is 36.5 Å². The molecule has 4 fully saturated rings. The van der Waals surface area contributed by atoms with E-state index in [1.165, 1.54) is 18.2 Å². The summed E-state index contributed by atoms with van der Waals surface area (Å²) in [6, 6.07) is 4.00. The molecule has 2 spiro atoms. The maximum atomic E-state index is 13.3. The lowest BCUT2D eigenvalue weighted by atomic mass is 9.43. The van der Waals surface area contributed by atoms with Crippen LogP contribution in [0.3, 0.4) is 0 Å². The molecule has 7 nitrogen and oxygen atoms in total. The topological polar surface area (TPSA) is 89.4 Å². The van der Waals surface area contributed by atoms with Crippen LogP contribution in [0.5, 0.6) is 0 Å². The summed E-state index contributed by atoms with van der Waals surface area (Å²) in [7, 11) is 0. The molecule has 1 aromatic rings. The van der Waals surface area contributed by atoms with Gasteiger partial charge in [0.1, 0.15) is 17.0 Å². The molecule has 2 heterocycles. The summed E-state index contributed by atoms with van der Waals surface area (Å²) in [5, 5.41) is 17.4. The summed E-state index contributed by atoms with van der Waals surface area (Å²) in [6.45, 7) is 4.28. The molecule has 2 bridgehead atoms. The first-order valence-electron chi connectivity index (χ1n) is 12.8. The summed E-state index contributed by atoms with van der Waals surface area (Å²) in [5.41, 5.74) is -0.0629. The third-order valence-electron chi connectivity index (χ3n) is 9.93. The van der Waals surface area contributed by atoms with Crippen LogP contribution in [-0.4, -0.2) is 40.6 Å². The molecule has 9 heteroatoms.